The van der Waals surface area contributed by atoms with Crippen molar-refractivity contribution in [3.05, 3.63) is 83.0 Å². The second kappa shape index (κ2) is 13.9. The largest absolute Gasteiger partial charge is 0.497 e. The van der Waals surface area contributed by atoms with E-state index in [2.05, 4.69) is 20.5 Å². The summed E-state index contributed by atoms with van der Waals surface area (Å²) >= 11 is 0. The van der Waals surface area contributed by atoms with E-state index in [-0.39, 0.29) is 41.9 Å². The van der Waals surface area contributed by atoms with Crippen LogP contribution in [0.25, 0.3) is 33.9 Å². The Morgan fingerprint density at radius 1 is 0.980 bits per heavy atom. The van der Waals surface area contributed by atoms with Gasteiger partial charge in [0.15, 0.2) is 23.5 Å². The van der Waals surface area contributed by atoms with Crippen LogP contribution >= 0.6 is 0 Å². The molecule has 0 saturated heterocycles. The van der Waals surface area contributed by atoms with Crippen LogP contribution in [0.1, 0.15) is 44.8 Å². The third-order valence-electron chi connectivity index (χ3n) is 8.01. The number of benzene rings is 2. The quantitative estimate of drug-likeness (QED) is 0.162. The lowest BCUT2D eigenvalue weighted by Gasteiger charge is -2.12. The first kappa shape index (κ1) is 32.7. The zero-order valence-corrected chi connectivity index (χ0v) is 27.9. The zero-order valence-electron chi connectivity index (χ0n) is 27.9. The predicted molar refractivity (Wildman–Crippen MR) is 179 cm³/mol. The molecule has 1 N–H and O–H groups in total. The number of carbonyl (C=O) groups is 2. The normalized spacial score (nSPS) is 11.1. The highest BCUT2D eigenvalue weighted by atomic mass is 16.5. The van der Waals surface area contributed by atoms with E-state index in [0.29, 0.717) is 52.4 Å². The van der Waals surface area contributed by atoms with Gasteiger partial charge in [0, 0.05) is 37.2 Å². The summed E-state index contributed by atoms with van der Waals surface area (Å²) in [5, 5.41) is 12.5. The first-order valence-electron chi connectivity index (χ1n) is 15.4. The molecule has 0 unspecified atom stereocenters. The molecule has 0 saturated carbocycles. The first-order chi connectivity index (χ1) is 23.8. The fourth-order valence-corrected chi connectivity index (χ4v) is 5.44. The van der Waals surface area contributed by atoms with Crippen molar-refractivity contribution < 1.29 is 33.0 Å². The summed E-state index contributed by atoms with van der Waals surface area (Å²) in [6.07, 6.45) is 2.17. The van der Waals surface area contributed by atoms with Gasteiger partial charge in [-0.15, -0.1) is 0 Å². The van der Waals surface area contributed by atoms with Crippen molar-refractivity contribution in [1.29, 1.82) is 0 Å². The number of amides is 1. The number of aromatic nitrogens is 6. The smallest absolute Gasteiger partial charge is 0.270 e. The van der Waals surface area contributed by atoms with Crippen molar-refractivity contribution in [2.75, 3.05) is 21.3 Å². The molecule has 252 valence electrons. The van der Waals surface area contributed by atoms with E-state index in [0.717, 1.165) is 16.9 Å². The van der Waals surface area contributed by atoms with E-state index >= 15 is 0 Å². The van der Waals surface area contributed by atoms with Crippen LogP contribution < -0.4 is 24.3 Å². The SMILES string of the molecule is CCn1nc(C)c(OCc2ccc(OC)cc2)c1-c1nc(-c2nc(C(=O)NCc3ccc(OC)cc3OC)cc3c2cnn3C)c(C=O)o1. The number of fused-ring (bicyclic) bond motifs is 1. The number of aldehydes is 1. The first-order valence-corrected chi connectivity index (χ1v) is 15.4. The molecule has 0 bridgehead atoms. The highest BCUT2D eigenvalue weighted by molar-refractivity contribution is 6.01. The van der Waals surface area contributed by atoms with E-state index < -0.39 is 5.91 Å². The summed E-state index contributed by atoms with van der Waals surface area (Å²) in [5.41, 5.74) is 3.86. The zero-order chi connectivity index (χ0) is 34.7. The molecule has 14 heteroatoms. The maximum Gasteiger partial charge on any atom is 0.270 e. The molecule has 0 aliphatic heterocycles. The van der Waals surface area contributed by atoms with Crippen LogP contribution in [0.3, 0.4) is 0 Å². The van der Waals surface area contributed by atoms with Crippen LogP contribution in [0.2, 0.25) is 0 Å². The summed E-state index contributed by atoms with van der Waals surface area (Å²) in [5.74, 6) is 1.99. The Morgan fingerprint density at radius 2 is 1.73 bits per heavy atom. The number of hydrogen-bond donors (Lipinski definition) is 1. The molecule has 6 rings (SSSR count). The molecule has 0 radical (unpaired) electrons. The van der Waals surface area contributed by atoms with Gasteiger partial charge in [0.2, 0.25) is 5.89 Å². The van der Waals surface area contributed by atoms with Crippen molar-refractivity contribution >= 4 is 23.1 Å². The molecular formula is C35H35N7O7. The summed E-state index contributed by atoms with van der Waals surface area (Å²) in [7, 11) is 6.48. The number of nitrogens with one attached hydrogen (secondary N) is 1. The van der Waals surface area contributed by atoms with Gasteiger partial charge in [0.25, 0.3) is 5.91 Å². The van der Waals surface area contributed by atoms with E-state index in [1.54, 1.807) is 62.1 Å². The minimum Gasteiger partial charge on any atom is -0.497 e. The van der Waals surface area contributed by atoms with E-state index in [1.165, 1.54) is 0 Å². The van der Waals surface area contributed by atoms with Gasteiger partial charge >= 0.3 is 0 Å². The minimum absolute atomic E-state index is 0.0733. The molecule has 0 fully saturated rings. The second-order valence-corrected chi connectivity index (χ2v) is 11.0. The fourth-order valence-electron chi connectivity index (χ4n) is 5.44. The number of hydrogen-bond acceptors (Lipinski definition) is 11. The highest BCUT2D eigenvalue weighted by Crippen LogP contribution is 2.37. The molecule has 6 aromatic rings. The molecule has 0 atom stereocenters. The molecule has 0 aliphatic rings. The van der Waals surface area contributed by atoms with Gasteiger partial charge < -0.3 is 28.7 Å². The van der Waals surface area contributed by atoms with Crippen molar-refractivity contribution in [2.24, 2.45) is 7.05 Å². The Morgan fingerprint density at radius 3 is 2.43 bits per heavy atom. The number of rotatable bonds is 13. The average molecular weight is 666 g/mol. The van der Waals surface area contributed by atoms with Gasteiger partial charge in [0.1, 0.15) is 46.6 Å². The highest BCUT2D eigenvalue weighted by Gasteiger charge is 2.28. The van der Waals surface area contributed by atoms with E-state index in [4.69, 9.17) is 28.3 Å². The molecule has 1 amide bonds. The van der Waals surface area contributed by atoms with Gasteiger partial charge in [-0.05, 0) is 49.7 Å². The third-order valence-corrected chi connectivity index (χ3v) is 8.01. The lowest BCUT2D eigenvalue weighted by Crippen LogP contribution is -2.24. The summed E-state index contributed by atoms with van der Waals surface area (Å²) in [4.78, 5) is 35.4. The number of carbonyl (C=O) groups excluding carboxylic acids is 2. The minimum atomic E-state index is -0.451. The van der Waals surface area contributed by atoms with Crippen LogP contribution in [-0.2, 0) is 26.7 Å². The Balaban J connectivity index is 1.36. The molecule has 49 heavy (non-hydrogen) atoms. The average Bonchev–Trinajstić information content (AvgIpc) is 3.83. The van der Waals surface area contributed by atoms with Gasteiger partial charge in [-0.2, -0.15) is 10.2 Å². The van der Waals surface area contributed by atoms with Crippen molar-refractivity contribution in [1.82, 2.24) is 34.8 Å². The van der Waals surface area contributed by atoms with E-state index in [1.807, 2.05) is 44.2 Å². The molecule has 0 aliphatic carbocycles. The maximum atomic E-state index is 13.5. The monoisotopic (exact) mass is 665 g/mol. The number of nitrogens with zero attached hydrogens (tertiary/aromatic N) is 6. The van der Waals surface area contributed by atoms with Crippen molar-refractivity contribution in [2.45, 2.75) is 33.5 Å². The number of methoxy groups -OCH3 is 3. The van der Waals surface area contributed by atoms with Crippen molar-refractivity contribution in [3.8, 4) is 46.0 Å². The van der Waals surface area contributed by atoms with Gasteiger partial charge in [-0.25, -0.2) is 9.97 Å². The van der Waals surface area contributed by atoms with Crippen LogP contribution in [0.15, 0.2) is 59.1 Å². The second-order valence-electron chi connectivity index (χ2n) is 11.0. The predicted octanol–water partition coefficient (Wildman–Crippen LogP) is 5.16. The van der Waals surface area contributed by atoms with Gasteiger partial charge in [-0.3, -0.25) is 19.0 Å². The molecule has 14 nitrogen and oxygen atoms in total. The van der Waals surface area contributed by atoms with Crippen LogP contribution in [0.4, 0.5) is 0 Å². The van der Waals surface area contributed by atoms with Crippen molar-refractivity contribution in [3.63, 3.8) is 0 Å². The number of aryl methyl sites for hydroxylation is 3. The standard InChI is InChI=1S/C35H35N7O7/c1-7-42-32(33(20(2)40-42)48-19-21-8-11-23(45-4)12-9-21)35-39-31(29(18-43)49-35)30-25-17-37-41(3)27(25)15-26(38-30)34(44)36-16-22-10-13-24(46-5)14-28(22)47-6/h8-15,17-18H,7,16,19H2,1-6H3,(H,36,44). The molecule has 2 aromatic carbocycles. The summed E-state index contributed by atoms with van der Waals surface area (Å²) in [6, 6.07) is 14.5. The van der Waals surface area contributed by atoms with Gasteiger partial charge in [0.05, 0.1) is 33.0 Å². The van der Waals surface area contributed by atoms with Crippen LogP contribution in [0, 0.1) is 6.92 Å². The molecular weight excluding hydrogens is 630 g/mol. The molecule has 4 aromatic heterocycles. The van der Waals surface area contributed by atoms with Crippen LogP contribution in [0.5, 0.6) is 23.0 Å². The Hall–Kier alpha value is -6.18. The fraction of sp³-hybridized carbons (Fsp3) is 0.257. The number of oxazole rings is 1. The lowest BCUT2D eigenvalue weighted by atomic mass is 10.1. The van der Waals surface area contributed by atoms with E-state index in [9.17, 15) is 9.59 Å². The Kier molecular flexibility index (Phi) is 9.29. The molecule has 4 heterocycles. The number of ether oxygens (including phenoxy) is 4. The third kappa shape index (κ3) is 6.40. The molecule has 0 spiro atoms. The van der Waals surface area contributed by atoms with Crippen LogP contribution in [-0.4, -0.2) is 63.1 Å². The maximum absolute atomic E-state index is 13.5. The van der Waals surface area contributed by atoms with Gasteiger partial charge in [-0.1, -0.05) is 12.1 Å². The topological polar surface area (TPSA) is 158 Å². The Labute approximate surface area is 281 Å². The lowest BCUT2D eigenvalue weighted by molar-refractivity contribution is 0.0945. The Bertz CT molecular complexity index is 2150. The summed E-state index contributed by atoms with van der Waals surface area (Å²) in [6.45, 7) is 4.65. The summed E-state index contributed by atoms with van der Waals surface area (Å²) < 4.78 is 31.6. The number of pyridine rings is 1.